The van der Waals surface area contributed by atoms with Gasteiger partial charge in [0.15, 0.2) is 0 Å². The molecule has 0 rings (SSSR count). The van der Waals surface area contributed by atoms with Crippen molar-refractivity contribution in [3.63, 3.8) is 0 Å². The van der Waals surface area contributed by atoms with Crippen LogP contribution in [0.5, 0.6) is 0 Å². The topological polar surface area (TPSA) is 0 Å². The average molecular weight is 288 g/mol. The summed E-state index contributed by atoms with van der Waals surface area (Å²) in [7, 11) is 0. The summed E-state index contributed by atoms with van der Waals surface area (Å²) in [5, 5.41) is 0. The van der Waals surface area contributed by atoms with Gasteiger partial charge in [0.1, 0.15) is 0 Å². The number of hydrogen-bond acceptors (Lipinski definition) is 0. The Hall–Kier alpha value is 2.98. The van der Waals surface area contributed by atoms with Crippen molar-refractivity contribution in [2.45, 2.75) is 0 Å². The molecule has 0 spiro atoms. The molecule has 0 aliphatic carbocycles. The zero-order valence-electron chi connectivity index (χ0n) is 2.80. The molecule has 7 heavy (non-hydrogen) atoms. The Morgan fingerprint density at radius 2 is 0.571 bits per heavy atom. The van der Waals surface area contributed by atoms with E-state index in [2.05, 4.69) is 0 Å². The molecule has 0 nitrogen and oxygen atoms in total. The van der Waals surface area contributed by atoms with Crippen LogP contribution >= 0.6 is 13.5 Å². The van der Waals surface area contributed by atoms with Gasteiger partial charge in [0.05, 0.1) is 0 Å². The van der Waals surface area contributed by atoms with Crippen LogP contribution in [0, 0.1) is 0 Å². The Labute approximate surface area is 104 Å². The van der Waals surface area contributed by atoms with Crippen LogP contribution in [0.2, 0.25) is 0 Å². The minimum Gasteiger partial charge on any atom is -2.00 e. The van der Waals surface area contributed by atoms with Gasteiger partial charge in [-0.2, -0.15) is 0 Å². The molecule has 0 aliphatic rings. The summed E-state index contributed by atoms with van der Waals surface area (Å²) >= 11 is 0. The maximum absolute atomic E-state index is 0. The summed E-state index contributed by atoms with van der Waals surface area (Å²) in [6.45, 7) is 0. The molecule has 0 aromatic carbocycles. The predicted molar refractivity (Wildman–Crippen MR) is 29.7 cm³/mol. The van der Waals surface area contributed by atoms with Gasteiger partial charge in [-0.25, -0.2) is 0 Å². The molecule has 0 amide bonds. The van der Waals surface area contributed by atoms with Crippen LogP contribution in [0.4, 0.5) is 0 Å². The second-order valence-corrected chi connectivity index (χ2v) is 0. The van der Waals surface area contributed by atoms with Crippen LogP contribution < -0.4 is 0 Å². The van der Waals surface area contributed by atoms with Gasteiger partial charge in [-0.05, 0) is 0 Å². The van der Waals surface area contributed by atoms with E-state index in [9.17, 15) is 0 Å². The van der Waals surface area contributed by atoms with Crippen LogP contribution in [-0.4, -0.2) is 0 Å². The number of hydrogen-bond donors (Lipinski definition) is 0. The molecule has 0 saturated heterocycles. The van der Waals surface area contributed by atoms with Gasteiger partial charge in [-0.15, -0.1) is 0 Å². The fraction of sp³-hybridized carbons (Fsp3) is 0. The van der Waals surface area contributed by atoms with Crippen molar-refractivity contribution in [2.24, 2.45) is 0 Å². The molecule has 0 N–H and O–H groups in total. The van der Waals surface area contributed by atoms with Gasteiger partial charge in [0, 0.05) is 30.6 Å². The largest absolute Gasteiger partial charge is 3.00 e. The van der Waals surface area contributed by atoms with Crippen LogP contribution in [0.15, 0.2) is 0 Å². The Morgan fingerprint density at radius 1 is 0.571 bits per heavy atom. The van der Waals surface area contributed by atoms with E-state index in [1.165, 1.54) is 0 Å². The SMILES string of the molecule is [Cr+3].[Cr+3].[Fe].[S-2].[S-2].[S-2].[S]. The van der Waals surface area contributed by atoms with E-state index in [-0.39, 0.29) is 106 Å². The first-order chi connectivity index (χ1) is 0. The zero-order chi connectivity index (χ0) is 0. The monoisotopic (exact) mass is 288 g/mol. The summed E-state index contributed by atoms with van der Waals surface area (Å²) in [6, 6.07) is 0. The maximum atomic E-state index is 0. The Kier molecular flexibility index (Phi) is 831. The first-order valence-electron chi connectivity index (χ1n) is 0. The second kappa shape index (κ2) is 64.3. The molecule has 0 aromatic rings. The predicted octanol–water partition coefficient (Wildman–Crippen LogP) is 0.633. The Balaban J connectivity index is 0. The first-order valence-corrected chi connectivity index (χ1v) is 0. The molecular formula is Cr2FeS4. The van der Waals surface area contributed by atoms with Crippen molar-refractivity contribution in [3.05, 3.63) is 0 Å². The third kappa shape index (κ3) is 49.2. The number of rotatable bonds is 0. The van der Waals surface area contributed by atoms with Crippen LogP contribution in [0.25, 0.3) is 0 Å². The molecule has 0 heterocycles. The Bertz CT molecular complexity index is 9.65. The van der Waals surface area contributed by atoms with Crippen molar-refractivity contribution in [1.82, 2.24) is 0 Å². The molecule has 0 saturated carbocycles. The summed E-state index contributed by atoms with van der Waals surface area (Å²) in [5.74, 6) is 0. The molecule has 0 bridgehead atoms. The van der Waals surface area contributed by atoms with E-state index < -0.39 is 0 Å². The fourth-order valence-electron chi connectivity index (χ4n) is 0. The van der Waals surface area contributed by atoms with Crippen molar-refractivity contribution >= 4 is 54.0 Å². The summed E-state index contributed by atoms with van der Waals surface area (Å²) in [4.78, 5) is 0. The summed E-state index contributed by atoms with van der Waals surface area (Å²) < 4.78 is 0. The van der Waals surface area contributed by atoms with Crippen LogP contribution in [0.1, 0.15) is 0 Å². The zero-order valence-corrected chi connectivity index (χ0v) is 9.72. The molecule has 4 radical (unpaired) electrons. The third-order valence-electron chi connectivity index (χ3n) is 0. The van der Waals surface area contributed by atoms with E-state index in [0.29, 0.717) is 0 Å². The third-order valence-corrected chi connectivity index (χ3v) is 0. The van der Waals surface area contributed by atoms with E-state index in [1.54, 1.807) is 0 Å². The Morgan fingerprint density at radius 3 is 0.571 bits per heavy atom. The van der Waals surface area contributed by atoms with E-state index in [1.807, 2.05) is 0 Å². The van der Waals surface area contributed by atoms with Crippen molar-refractivity contribution in [3.8, 4) is 0 Å². The molecule has 0 unspecified atom stereocenters. The first kappa shape index (κ1) is 90.5. The second-order valence-electron chi connectivity index (χ2n) is 0. The standard InChI is InChI=1S/2Cr.Fe.4S/q2*+3;;;3*-2. The summed E-state index contributed by atoms with van der Waals surface area (Å²) in [6.07, 6.45) is 0. The summed E-state index contributed by atoms with van der Waals surface area (Å²) in [5.41, 5.74) is 0. The molecule has 0 aromatic heterocycles. The minimum atomic E-state index is 0. The van der Waals surface area contributed by atoms with Gasteiger partial charge in [0.25, 0.3) is 0 Å². The van der Waals surface area contributed by atoms with Crippen molar-refractivity contribution in [1.29, 1.82) is 0 Å². The maximum Gasteiger partial charge on any atom is 3.00 e. The normalized spacial score (nSPS) is 0. The van der Waals surface area contributed by atoms with Gasteiger partial charge in [-0.3, -0.25) is 0 Å². The van der Waals surface area contributed by atoms with Gasteiger partial charge in [0.2, 0.25) is 0 Å². The van der Waals surface area contributed by atoms with Crippen LogP contribution in [0.3, 0.4) is 0 Å². The van der Waals surface area contributed by atoms with Crippen molar-refractivity contribution < 1.29 is 51.8 Å². The molecule has 0 atom stereocenters. The van der Waals surface area contributed by atoms with Gasteiger partial charge < -0.3 is 40.5 Å². The molecule has 7 heteroatoms. The average Bonchev–Trinajstić information content (AvgIpc) is 0. The minimum absolute atomic E-state index is 0. The van der Waals surface area contributed by atoms with E-state index >= 15 is 0 Å². The van der Waals surface area contributed by atoms with E-state index in [4.69, 9.17) is 0 Å². The van der Waals surface area contributed by atoms with E-state index in [0.717, 1.165) is 0 Å². The molecular weight excluding hydrogens is 288 g/mol. The fourth-order valence-corrected chi connectivity index (χ4v) is 0. The smallest absolute Gasteiger partial charge is 2.00 e. The van der Waals surface area contributed by atoms with Crippen LogP contribution in [-0.2, 0) is 92.3 Å². The molecule has 0 fully saturated rings. The molecule has 44 valence electrons. The quantitative estimate of drug-likeness (QED) is 0.574. The van der Waals surface area contributed by atoms with Crippen molar-refractivity contribution in [2.75, 3.05) is 0 Å². The van der Waals surface area contributed by atoms with Gasteiger partial charge >= 0.3 is 34.7 Å². The van der Waals surface area contributed by atoms with Gasteiger partial charge in [-0.1, -0.05) is 0 Å². The molecule has 0 aliphatic heterocycles.